The monoisotopic (exact) mass is 215 g/mol. The van der Waals surface area contributed by atoms with Gasteiger partial charge in [-0.2, -0.15) is 0 Å². The molecule has 0 unspecified atom stereocenters. The molecule has 0 aliphatic rings. The number of carboxylic acids is 1. The number of aliphatic hydroxyl groups is 1. The minimum atomic E-state index is -1.30. The molecule has 0 saturated carbocycles. The summed E-state index contributed by atoms with van der Waals surface area (Å²) >= 11 is 0. The van der Waals surface area contributed by atoms with E-state index in [1.54, 1.807) is 0 Å². The molecule has 1 heterocycles. The van der Waals surface area contributed by atoms with Crippen LogP contribution in [0.15, 0.2) is 12.3 Å². The van der Waals surface area contributed by atoms with Crippen LogP contribution in [0.25, 0.3) is 0 Å². The predicted molar refractivity (Wildman–Crippen MR) is 48.4 cm³/mol. The third-order valence-electron chi connectivity index (χ3n) is 1.59. The van der Waals surface area contributed by atoms with Gasteiger partial charge in [-0.1, -0.05) is 0 Å². The first-order valence-corrected chi connectivity index (χ1v) is 4.27. The smallest absolute Gasteiger partial charge is 0.341 e. The molecule has 1 aromatic rings. The average molecular weight is 215 g/mol. The third-order valence-corrected chi connectivity index (χ3v) is 1.59. The third kappa shape index (κ3) is 3.17. The molecular formula is C9H10FNO4. The second-order valence-corrected chi connectivity index (χ2v) is 2.74. The highest BCUT2D eigenvalue weighted by atomic mass is 19.1. The quantitative estimate of drug-likeness (QED) is 0.706. The van der Waals surface area contributed by atoms with E-state index in [2.05, 4.69) is 4.98 Å². The first kappa shape index (κ1) is 11.4. The van der Waals surface area contributed by atoms with Gasteiger partial charge in [0.25, 0.3) is 0 Å². The highest BCUT2D eigenvalue weighted by Gasteiger charge is 2.13. The first-order valence-electron chi connectivity index (χ1n) is 4.27. The van der Waals surface area contributed by atoms with Crippen molar-refractivity contribution in [1.82, 2.24) is 4.98 Å². The number of aromatic nitrogens is 1. The van der Waals surface area contributed by atoms with Crippen molar-refractivity contribution in [2.45, 2.75) is 6.42 Å². The van der Waals surface area contributed by atoms with E-state index in [9.17, 15) is 9.18 Å². The number of aliphatic hydroxyl groups excluding tert-OH is 1. The predicted octanol–water partition coefficient (Wildman–Crippen LogP) is 0.680. The van der Waals surface area contributed by atoms with E-state index in [0.29, 0.717) is 6.42 Å². The summed E-state index contributed by atoms with van der Waals surface area (Å²) in [7, 11) is 0. The van der Waals surface area contributed by atoms with Gasteiger partial charge in [0.15, 0.2) is 0 Å². The van der Waals surface area contributed by atoms with Crippen molar-refractivity contribution in [3.63, 3.8) is 0 Å². The summed E-state index contributed by atoms with van der Waals surface area (Å²) in [4.78, 5) is 14.2. The SMILES string of the molecule is O=C(O)c1cc(F)cnc1OCCCO. The van der Waals surface area contributed by atoms with Gasteiger partial charge in [-0.3, -0.25) is 0 Å². The molecule has 6 heteroatoms. The van der Waals surface area contributed by atoms with Crippen molar-refractivity contribution < 1.29 is 24.1 Å². The summed E-state index contributed by atoms with van der Waals surface area (Å²) in [6.07, 6.45) is 1.23. The van der Waals surface area contributed by atoms with Crippen LogP contribution in [-0.4, -0.2) is 34.4 Å². The summed E-state index contributed by atoms with van der Waals surface area (Å²) in [5.74, 6) is -2.18. The normalized spacial score (nSPS) is 10.0. The molecule has 0 saturated heterocycles. The van der Waals surface area contributed by atoms with Crippen LogP contribution in [0.5, 0.6) is 5.88 Å². The fraction of sp³-hybridized carbons (Fsp3) is 0.333. The van der Waals surface area contributed by atoms with Gasteiger partial charge >= 0.3 is 5.97 Å². The van der Waals surface area contributed by atoms with E-state index in [4.69, 9.17) is 14.9 Å². The van der Waals surface area contributed by atoms with Gasteiger partial charge in [-0.05, 0) is 6.07 Å². The van der Waals surface area contributed by atoms with Crippen LogP contribution >= 0.6 is 0 Å². The van der Waals surface area contributed by atoms with Gasteiger partial charge in [-0.25, -0.2) is 14.2 Å². The second kappa shape index (κ2) is 5.26. The molecule has 0 aliphatic heterocycles. The number of carboxylic acid groups (broad SMARTS) is 1. The summed E-state index contributed by atoms with van der Waals surface area (Å²) in [6.45, 7) is 0.0685. The number of nitrogens with zero attached hydrogens (tertiary/aromatic N) is 1. The minimum Gasteiger partial charge on any atom is -0.477 e. The van der Waals surface area contributed by atoms with Crippen molar-refractivity contribution in [1.29, 1.82) is 0 Å². The van der Waals surface area contributed by atoms with Crippen molar-refractivity contribution in [3.8, 4) is 5.88 Å². The summed E-state index contributed by atoms with van der Waals surface area (Å²) in [5.41, 5.74) is -0.326. The van der Waals surface area contributed by atoms with Gasteiger partial charge in [-0.15, -0.1) is 0 Å². The number of hydrogen-bond donors (Lipinski definition) is 2. The van der Waals surface area contributed by atoms with Gasteiger partial charge in [0.2, 0.25) is 5.88 Å². The Morgan fingerprint density at radius 3 is 2.93 bits per heavy atom. The topological polar surface area (TPSA) is 79.7 Å². The molecule has 1 aromatic heterocycles. The number of rotatable bonds is 5. The van der Waals surface area contributed by atoms with E-state index in [0.717, 1.165) is 12.3 Å². The lowest BCUT2D eigenvalue weighted by atomic mass is 10.3. The van der Waals surface area contributed by atoms with Crippen molar-refractivity contribution >= 4 is 5.97 Å². The fourth-order valence-corrected chi connectivity index (χ4v) is 0.928. The Bertz CT molecular complexity index is 356. The highest BCUT2D eigenvalue weighted by Crippen LogP contribution is 2.16. The molecule has 0 fully saturated rings. The van der Waals surface area contributed by atoms with E-state index >= 15 is 0 Å². The lowest BCUT2D eigenvalue weighted by Gasteiger charge is -2.06. The Balaban J connectivity index is 2.81. The van der Waals surface area contributed by atoms with Crippen LogP contribution in [-0.2, 0) is 0 Å². The van der Waals surface area contributed by atoms with Gasteiger partial charge in [0, 0.05) is 13.0 Å². The average Bonchev–Trinajstić information content (AvgIpc) is 2.20. The molecule has 0 aromatic carbocycles. The maximum absolute atomic E-state index is 12.7. The summed E-state index contributed by atoms with van der Waals surface area (Å²) in [6, 6.07) is 0.837. The number of carbonyl (C=O) groups is 1. The zero-order valence-electron chi connectivity index (χ0n) is 7.81. The number of aromatic carboxylic acids is 1. The van der Waals surface area contributed by atoms with Crippen molar-refractivity contribution in [2.75, 3.05) is 13.2 Å². The van der Waals surface area contributed by atoms with E-state index < -0.39 is 11.8 Å². The Hall–Kier alpha value is -1.69. The zero-order valence-corrected chi connectivity index (χ0v) is 7.81. The number of ether oxygens (including phenoxy) is 1. The molecule has 0 amide bonds. The standard InChI is InChI=1S/C9H10FNO4/c10-6-4-7(9(13)14)8(11-5-6)15-3-1-2-12/h4-5,12H,1-3H2,(H,13,14). The molecule has 0 radical (unpaired) electrons. The van der Waals surface area contributed by atoms with Gasteiger partial charge < -0.3 is 14.9 Å². The Morgan fingerprint density at radius 1 is 1.60 bits per heavy atom. The molecule has 0 aliphatic carbocycles. The van der Waals surface area contributed by atoms with Crippen LogP contribution < -0.4 is 4.74 Å². The second-order valence-electron chi connectivity index (χ2n) is 2.74. The number of halogens is 1. The molecule has 0 bridgehead atoms. The number of pyridine rings is 1. The van der Waals surface area contributed by atoms with Crippen molar-refractivity contribution in [3.05, 3.63) is 23.6 Å². The van der Waals surface area contributed by atoms with Crippen LogP contribution in [0, 0.1) is 5.82 Å². The molecule has 1 rings (SSSR count). The zero-order chi connectivity index (χ0) is 11.3. The van der Waals surface area contributed by atoms with E-state index in [-0.39, 0.29) is 24.7 Å². The molecular weight excluding hydrogens is 205 g/mol. The van der Waals surface area contributed by atoms with Gasteiger partial charge in [0.05, 0.1) is 12.8 Å². The molecule has 2 N–H and O–H groups in total. The van der Waals surface area contributed by atoms with Crippen LogP contribution in [0.4, 0.5) is 4.39 Å². The lowest BCUT2D eigenvalue weighted by molar-refractivity contribution is 0.0690. The van der Waals surface area contributed by atoms with Crippen LogP contribution in [0.2, 0.25) is 0 Å². The van der Waals surface area contributed by atoms with Crippen LogP contribution in [0.3, 0.4) is 0 Å². The Morgan fingerprint density at radius 2 is 2.33 bits per heavy atom. The lowest BCUT2D eigenvalue weighted by Crippen LogP contribution is -2.07. The van der Waals surface area contributed by atoms with E-state index in [1.807, 2.05) is 0 Å². The molecule has 82 valence electrons. The molecule has 15 heavy (non-hydrogen) atoms. The largest absolute Gasteiger partial charge is 0.477 e. The Labute approximate surface area is 85.1 Å². The maximum Gasteiger partial charge on any atom is 0.341 e. The summed E-state index contributed by atoms with van der Waals surface area (Å²) in [5, 5.41) is 17.2. The van der Waals surface area contributed by atoms with Crippen molar-refractivity contribution in [2.24, 2.45) is 0 Å². The Kier molecular flexibility index (Phi) is 3.99. The van der Waals surface area contributed by atoms with Crippen LogP contribution in [0.1, 0.15) is 16.8 Å². The first-order chi connectivity index (χ1) is 7.15. The summed E-state index contributed by atoms with van der Waals surface area (Å²) < 4.78 is 17.6. The molecule has 0 spiro atoms. The number of hydrogen-bond acceptors (Lipinski definition) is 4. The fourth-order valence-electron chi connectivity index (χ4n) is 0.928. The minimum absolute atomic E-state index is 0.0659. The maximum atomic E-state index is 12.7. The molecule has 0 atom stereocenters. The van der Waals surface area contributed by atoms with E-state index in [1.165, 1.54) is 0 Å². The van der Waals surface area contributed by atoms with Gasteiger partial charge in [0.1, 0.15) is 11.4 Å². The molecule has 5 nitrogen and oxygen atoms in total. The highest BCUT2D eigenvalue weighted by molar-refractivity contribution is 5.90.